The maximum atomic E-state index is 9.99. The van der Waals surface area contributed by atoms with Crippen molar-refractivity contribution in [3.63, 3.8) is 0 Å². The molecule has 0 aromatic heterocycles. The summed E-state index contributed by atoms with van der Waals surface area (Å²) in [5.74, 6) is 1.08. The van der Waals surface area contributed by atoms with Gasteiger partial charge >= 0.3 is 0 Å². The topological polar surface area (TPSA) is 44.3 Å². The summed E-state index contributed by atoms with van der Waals surface area (Å²) in [6.07, 6.45) is 0. The minimum absolute atomic E-state index is 0.305. The Labute approximate surface area is 106 Å². The van der Waals surface area contributed by atoms with Crippen LogP contribution in [0.25, 0.3) is 11.1 Å². The van der Waals surface area contributed by atoms with E-state index >= 15 is 0 Å². The van der Waals surface area contributed by atoms with Gasteiger partial charge in [-0.15, -0.1) is 0 Å². The number of phenolic OH excluding ortho intramolecular Hbond substituents is 1. The highest BCUT2D eigenvalue weighted by molar-refractivity contribution is 5.85. The first kappa shape index (κ1) is 10.7. The van der Waals surface area contributed by atoms with E-state index in [0.717, 1.165) is 33.9 Å². The van der Waals surface area contributed by atoms with Crippen LogP contribution in [0.2, 0.25) is 0 Å². The van der Waals surface area contributed by atoms with Gasteiger partial charge in [-0.1, -0.05) is 24.8 Å². The fourth-order valence-electron chi connectivity index (χ4n) is 2.30. The summed E-state index contributed by atoms with van der Waals surface area (Å²) < 4.78 is 0. The highest BCUT2D eigenvalue weighted by atomic mass is 16.3. The molecule has 90 valence electrons. The second kappa shape index (κ2) is 3.81. The minimum Gasteiger partial charge on any atom is -0.507 e. The summed E-state index contributed by atoms with van der Waals surface area (Å²) >= 11 is 0. The van der Waals surface area contributed by atoms with Crippen molar-refractivity contribution in [1.82, 2.24) is 0 Å². The number of anilines is 2. The van der Waals surface area contributed by atoms with Crippen LogP contribution in [0.15, 0.2) is 48.8 Å². The van der Waals surface area contributed by atoms with Crippen molar-refractivity contribution in [2.45, 2.75) is 6.92 Å². The fourth-order valence-corrected chi connectivity index (χ4v) is 2.30. The van der Waals surface area contributed by atoms with Crippen molar-refractivity contribution < 1.29 is 5.11 Å². The standard InChI is InChI=1S/C15H14N2O/c1-9-4-3-5-14(18)15(9)11-6-7-12-13(8-11)17-10(2)16-12/h3-8,16-18H,2H2,1H3. The Kier molecular flexibility index (Phi) is 2.27. The third-order valence-corrected chi connectivity index (χ3v) is 3.13. The number of nitrogens with one attached hydrogen (secondary N) is 2. The number of aryl methyl sites for hydroxylation is 1. The van der Waals surface area contributed by atoms with Crippen molar-refractivity contribution in [2.75, 3.05) is 10.6 Å². The average Bonchev–Trinajstić information content (AvgIpc) is 2.68. The Morgan fingerprint density at radius 1 is 1.06 bits per heavy atom. The predicted octanol–water partition coefficient (Wildman–Crippen LogP) is 3.68. The van der Waals surface area contributed by atoms with Gasteiger partial charge in [0.25, 0.3) is 0 Å². The molecule has 0 saturated carbocycles. The third-order valence-electron chi connectivity index (χ3n) is 3.13. The van der Waals surface area contributed by atoms with Gasteiger partial charge in [0.1, 0.15) is 11.6 Å². The second-order valence-electron chi connectivity index (χ2n) is 4.46. The lowest BCUT2D eigenvalue weighted by Gasteiger charge is -2.09. The summed E-state index contributed by atoms with van der Waals surface area (Å²) in [6.45, 7) is 5.83. The molecule has 3 N–H and O–H groups in total. The van der Waals surface area contributed by atoms with E-state index in [-0.39, 0.29) is 0 Å². The summed E-state index contributed by atoms with van der Waals surface area (Å²) in [7, 11) is 0. The first-order valence-electron chi connectivity index (χ1n) is 5.81. The van der Waals surface area contributed by atoms with Gasteiger partial charge < -0.3 is 15.7 Å². The van der Waals surface area contributed by atoms with Crippen molar-refractivity contribution in [1.29, 1.82) is 0 Å². The molecular weight excluding hydrogens is 224 g/mol. The van der Waals surface area contributed by atoms with E-state index in [0.29, 0.717) is 5.75 Å². The first-order chi connectivity index (χ1) is 8.65. The number of benzene rings is 2. The predicted molar refractivity (Wildman–Crippen MR) is 74.7 cm³/mol. The van der Waals surface area contributed by atoms with E-state index in [1.54, 1.807) is 6.07 Å². The number of aromatic hydroxyl groups is 1. The highest BCUT2D eigenvalue weighted by Gasteiger charge is 2.15. The molecule has 3 rings (SSSR count). The number of rotatable bonds is 1. The molecule has 0 unspecified atom stereocenters. The van der Waals surface area contributed by atoms with Crippen molar-refractivity contribution >= 4 is 11.4 Å². The van der Waals surface area contributed by atoms with E-state index in [4.69, 9.17) is 0 Å². The number of phenols is 1. The molecule has 0 fully saturated rings. The number of hydrogen-bond donors (Lipinski definition) is 3. The first-order valence-corrected chi connectivity index (χ1v) is 5.81. The zero-order chi connectivity index (χ0) is 12.7. The van der Waals surface area contributed by atoms with Crippen LogP contribution in [0.4, 0.5) is 11.4 Å². The molecule has 0 radical (unpaired) electrons. The van der Waals surface area contributed by atoms with Crippen LogP contribution in [0, 0.1) is 6.92 Å². The van der Waals surface area contributed by atoms with Gasteiger partial charge in [-0.3, -0.25) is 0 Å². The van der Waals surface area contributed by atoms with E-state index in [9.17, 15) is 5.11 Å². The molecule has 0 saturated heterocycles. The molecule has 2 aromatic carbocycles. The molecule has 1 heterocycles. The van der Waals surface area contributed by atoms with Gasteiger partial charge in [-0.05, 0) is 36.2 Å². The number of hydrogen-bond acceptors (Lipinski definition) is 3. The Hall–Kier alpha value is -2.42. The van der Waals surface area contributed by atoms with Crippen LogP contribution in [-0.4, -0.2) is 5.11 Å². The van der Waals surface area contributed by atoms with Crippen LogP contribution < -0.4 is 10.6 Å². The van der Waals surface area contributed by atoms with Gasteiger partial charge in [0.2, 0.25) is 0 Å². The smallest absolute Gasteiger partial charge is 0.123 e. The lowest BCUT2D eigenvalue weighted by molar-refractivity contribution is 0.477. The monoisotopic (exact) mass is 238 g/mol. The molecule has 1 aliphatic rings. The van der Waals surface area contributed by atoms with E-state index in [1.807, 2.05) is 37.3 Å². The van der Waals surface area contributed by atoms with E-state index < -0.39 is 0 Å². The summed E-state index contributed by atoms with van der Waals surface area (Å²) in [6, 6.07) is 11.6. The Morgan fingerprint density at radius 3 is 2.61 bits per heavy atom. The summed E-state index contributed by atoms with van der Waals surface area (Å²) in [4.78, 5) is 0. The number of fused-ring (bicyclic) bond motifs is 1. The third kappa shape index (κ3) is 1.61. The zero-order valence-electron chi connectivity index (χ0n) is 10.1. The molecule has 18 heavy (non-hydrogen) atoms. The molecule has 2 aromatic rings. The van der Waals surface area contributed by atoms with Crippen LogP contribution in [-0.2, 0) is 0 Å². The SMILES string of the molecule is C=C1Nc2ccc(-c3c(C)cccc3O)cc2N1. The van der Waals surface area contributed by atoms with Crippen LogP contribution in [0.1, 0.15) is 5.56 Å². The van der Waals surface area contributed by atoms with Crippen LogP contribution in [0.3, 0.4) is 0 Å². The second-order valence-corrected chi connectivity index (χ2v) is 4.46. The molecule has 0 bridgehead atoms. The minimum atomic E-state index is 0.305. The van der Waals surface area contributed by atoms with Gasteiger partial charge in [0, 0.05) is 5.56 Å². The fraction of sp³-hybridized carbons (Fsp3) is 0.0667. The van der Waals surface area contributed by atoms with Crippen molar-refractivity contribution in [3.05, 3.63) is 54.4 Å². The molecule has 1 aliphatic heterocycles. The van der Waals surface area contributed by atoms with E-state index in [1.165, 1.54) is 0 Å². The normalized spacial score (nSPS) is 12.8. The molecule has 3 heteroatoms. The van der Waals surface area contributed by atoms with Gasteiger partial charge in [0.05, 0.1) is 11.4 Å². The van der Waals surface area contributed by atoms with Gasteiger partial charge in [-0.2, -0.15) is 0 Å². The molecule has 0 atom stereocenters. The van der Waals surface area contributed by atoms with E-state index in [2.05, 4.69) is 17.2 Å². The lowest BCUT2D eigenvalue weighted by Crippen LogP contribution is -1.94. The van der Waals surface area contributed by atoms with Crippen molar-refractivity contribution in [2.24, 2.45) is 0 Å². The van der Waals surface area contributed by atoms with Gasteiger partial charge in [-0.25, -0.2) is 0 Å². The maximum absolute atomic E-state index is 9.99. The quantitative estimate of drug-likeness (QED) is 0.710. The zero-order valence-corrected chi connectivity index (χ0v) is 10.1. The molecule has 3 nitrogen and oxygen atoms in total. The van der Waals surface area contributed by atoms with Crippen LogP contribution >= 0.6 is 0 Å². The molecule has 0 aliphatic carbocycles. The largest absolute Gasteiger partial charge is 0.507 e. The Bertz CT molecular complexity index is 627. The highest BCUT2D eigenvalue weighted by Crippen LogP contribution is 2.38. The van der Waals surface area contributed by atoms with Crippen LogP contribution in [0.5, 0.6) is 5.75 Å². The summed E-state index contributed by atoms with van der Waals surface area (Å²) in [5, 5.41) is 16.3. The van der Waals surface area contributed by atoms with Crippen molar-refractivity contribution in [3.8, 4) is 16.9 Å². The average molecular weight is 238 g/mol. The Morgan fingerprint density at radius 2 is 1.83 bits per heavy atom. The van der Waals surface area contributed by atoms with Gasteiger partial charge in [0.15, 0.2) is 0 Å². The summed E-state index contributed by atoms with van der Waals surface area (Å²) in [5.41, 5.74) is 4.92. The molecule has 0 spiro atoms. The lowest BCUT2D eigenvalue weighted by atomic mass is 9.99. The molecular formula is C15H14N2O. The maximum Gasteiger partial charge on any atom is 0.123 e. The molecule has 0 amide bonds. The Balaban J connectivity index is 2.14.